The van der Waals surface area contributed by atoms with Crippen LogP contribution in [0.3, 0.4) is 0 Å². The van der Waals surface area contributed by atoms with Crippen LogP contribution in [0.4, 0.5) is 17.6 Å². The van der Waals surface area contributed by atoms with Crippen LogP contribution in [-0.4, -0.2) is 18.5 Å². The SMILES string of the molecule is COc1cnc(F)cc1OC(F)(F)F. The summed E-state index contributed by atoms with van der Waals surface area (Å²) in [6.07, 6.45) is -4.09. The second kappa shape index (κ2) is 3.69. The topological polar surface area (TPSA) is 31.4 Å². The molecule has 0 aromatic carbocycles. The largest absolute Gasteiger partial charge is 0.573 e. The van der Waals surface area contributed by atoms with Crippen LogP contribution < -0.4 is 9.47 Å². The number of pyridine rings is 1. The lowest BCUT2D eigenvalue weighted by Gasteiger charge is -2.11. The van der Waals surface area contributed by atoms with Crippen molar-refractivity contribution in [1.82, 2.24) is 4.98 Å². The van der Waals surface area contributed by atoms with Crippen molar-refractivity contribution in [1.29, 1.82) is 0 Å². The summed E-state index contributed by atoms with van der Waals surface area (Å²) >= 11 is 0. The molecule has 1 rings (SSSR count). The van der Waals surface area contributed by atoms with Gasteiger partial charge in [-0.3, -0.25) is 0 Å². The average molecular weight is 211 g/mol. The maximum Gasteiger partial charge on any atom is 0.573 e. The lowest BCUT2D eigenvalue weighted by atomic mass is 10.4. The number of methoxy groups -OCH3 is 1. The van der Waals surface area contributed by atoms with Gasteiger partial charge < -0.3 is 9.47 Å². The molecule has 78 valence electrons. The van der Waals surface area contributed by atoms with Gasteiger partial charge in [-0.15, -0.1) is 13.2 Å². The van der Waals surface area contributed by atoms with Crippen molar-refractivity contribution < 1.29 is 27.0 Å². The van der Waals surface area contributed by atoms with Gasteiger partial charge in [0.15, 0.2) is 11.5 Å². The molecule has 0 saturated heterocycles. The molecule has 0 aliphatic carbocycles. The summed E-state index contributed by atoms with van der Waals surface area (Å²) in [6, 6.07) is 0.492. The highest BCUT2D eigenvalue weighted by molar-refractivity contribution is 5.36. The smallest absolute Gasteiger partial charge is 0.491 e. The number of hydrogen-bond acceptors (Lipinski definition) is 3. The monoisotopic (exact) mass is 211 g/mol. The van der Waals surface area contributed by atoms with Crippen LogP contribution in [0.25, 0.3) is 0 Å². The van der Waals surface area contributed by atoms with E-state index in [9.17, 15) is 17.6 Å². The molecule has 0 atom stereocenters. The molecule has 1 aromatic heterocycles. The van der Waals surface area contributed by atoms with Crippen molar-refractivity contribution in [2.45, 2.75) is 6.36 Å². The molecule has 3 nitrogen and oxygen atoms in total. The number of hydrogen-bond donors (Lipinski definition) is 0. The van der Waals surface area contributed by atoms with Crippen LogP contribution in [-0.2, 0) is 0 Å². The van der Waals surface area contributed by atoms with Crippen LogP contribution in [0.15, 0.2) is 12.3 Å². The normalized spacial score (nSPS) is 11.2. The van der Waals surface area contributed by atoms with Gasteiger partial charge in [0.25, 0.3) is 0 Å². The molecule has 0 spiro atoms. The lowest BCUT2D eigenvalue weighted by Crippen LogP contribution is -2.17. The van der Waals surface area contributed by atoms with Gasteiger partial charge in [0, 0.05) is 6.07 Å². The Bertz CT molecular complexity index is 326. The lowest BCUT2D eigenvalue weighted by molar-refractivity contribution is -0.275. The summed E-state index contributed by atoms with van der Waals surface area (Å²) in [7, 11) is 1.12. The Labute approximate surface area is 76.3 Å². The second-order valence-electron chi connectivity index (χ2n) is 2.21. The van der Waals surface area contributed by atoms with Crippen molar-refractivity contribution in [2.75, 3.05) is 7.11 Å². The van der Waals surface area contributed by atoms with Gasteiger partial charge in [0.05, 0.1) is 13.3 Å². The Kier molecular flexibility index (Phi) is 2.78. The third kappa shape index (κ3) is 2.75. The first kappa shape index (κ1) is 10.6. The van der Waals surface area contributed by atoms with Crippen LogP contribution in [0.2, 0.25) is 0 Å². The summed E-state index contributed by atoms with van der Waals surface area (Å²) < 4.78 is 55.7. The van der Waals surface area contributed by atoms with Gasteiger partial charge in [-0.05, 0) is 0 Å². The van der Waals surface area contributed by atoms with E-state index in [0.717, 1.165) is 13.3 Å². The first-order valence-corrected chi connectivity index (χ1v) is 3.37. The summed E-state index contributed by atoms with van der Waals surface area (Å²) in [5, 5.41) is 0. The zero-order chi connectivity index (χ0) is 10.8. The Balaban J connectivity index is 2.99. The Morgan fingerprint density at radius 1 is 1.29 bits per heavy atom. The molecule has 0 aliphatic rings. The molecule has 0 unspecified atom stereocenters. The zero-order valence-corrected chi connectivity index (χ0v) is 6.93. The molecule has 0 N–H and O–H groups in total. The molecule has 7 heteroatoms. The van der Waals surface area contributed by atoms with Gasteiger partial charge in [-0.1, -0.05) is 0 Å². The fraction of sp³-hybridized carbons (Fsp3) is 0.286. The number of aromatic nitrogens is 1. The predicted octanol–water partition coefficient (Wildman–Crippen LogP) is 2.13. The van der Waals surface area contributed by atoms with Crippen molar-refractivity contribution in [2.24, 2.45) is 0 Å². The van der Waals surface area contributed by atoms with E-state index in [2.05, 4.69) is 14.5 Å². The molecule has 0 saturated carbocycles. The van der Waals surface area contributed by atoms with E-state index >= 15 is 0 Å². The Morgan fingerprint density at radius 3 is 2.43 bits per heavy atom. The zero-order valence-electron chi connectivity index (χ0n) is 6.93. The Hall–Kier alpha value is -1.53. The van der Waals surface area contributed by atoms with Crippen molar-refractivity contribution >= 4 is 0 Å². The highest BCUT2D eigenvalue weighted by Gasteiger charge is 2.32. The molecule has 14 heavy (non-hydrogen) atoms. The number of halogens is 4. The molecular weight excluding hydrogens is 206 g/mol. The van der Waals surface area contributed by atoms with E-state index in [1.54, 1.807) is 0 Å². The molecule has 1 aromatic rings. The number of alkyl halides is 3. The summed E-state index contributed by atoms with van der Waals surface area (Å²) in [5.41, 5.74) is 0. The fourth-order valence-corrected chi connectivity index (χ4v) is 0.758. The Morgan fingerprint density at radius 2 is 1.93 bits per heavy atom. The van der Waals surface area contributed by atoms with Crippen molar-refractivity contribution in [3.63, 3.8) is 0 Å². The van der Waals surface area contributed by atoms with Gasteiger partial charge in [0.2, 0.25) is 5.95 Å². The maximum atomic E-state index is 12.4. The van der Waals surface area contributed by atoms with E-state index in [1.165, 1.54) is 0 Å². The van der Waals surface area contributed by atoms with Crippen molar-refractivity contribution in [3.05, 3.63) is 18.2 Å². The minimum Gasteiger partial charge on any atom is -0.491 e. The van der Waals surface area contributed by atoms with Crippen molar-refractivity contribution in [3.8, 4) is 11.5 Å². The molecule has 0 radical (unpaired) electrons. The van der Waals surface area contributed by atoms with Crippen LogP contribution in [0.5, 0.6) is 11.5 Å². The highest BCUT2D eigenvalue weighted by Crippen LogP contribution is 2.31. The molecular formula is C7H5F4NO2. The highest BCUT2D eigenvalue weighted by atomic mass is 19.4. The molecule has 0 bridgehead atoms. The number of rotatable bonds is 2. The van der Waals surface area contributed by atoms with E-state index in [4.69, 9.17) is 0 Å². The van der Waals surface area contributed by atoms with E-state index in [0.29, 0.717) is 6.07 Å². The quantitative estimate of drug-likeness (QED) is 0.554. The predicted molar refractivity (Wildman–Crippen MR) is 37.4 cm³/mol. The molecule has 1 heterocycles. The van der Waals surface area contributed by atoms with Gasteiger partial charge in [-0.25, -0.2) is 4.98 Å². The third-order valence-corrected chi connectivity index (χ3v) is 1.24. The average Bonchev–Trinajstić information content (AvgIpc) is 2.01. The van der Waals surface area contributed by atoms with Gasteiger partial charge in [0.1, 0.15) is 0 Å². The third-order valence-electron chi connectivity index (χ3n) is 1.24. The first-order valence-electron chi connectivity index (χ1n) is 3.37. The van der Waals surface area contributed by atoms with E-state index in [1.807, 2.05) is 0 Å². The number of ether oxygens (including phenoxy) is 2. The van der Waals surface area contributed by atoms with Gasteiger partial charge in [-0.2, -0.15) is 4.39 Å². The summed E-state index contributed by atoms with van der Waals surface area (Å²) in [4.78, 5) is 3.10. The minimum atomic E-state index is -4.89. The van der Waals surface area contributed by atoms with Crippen LogP contribution >= 0.6 is 0 Å². The van der Waals surface area contributed by atoms with E-state index in [-0.39, 0.29) is 5.75 Å². The first-order chi connectivity index (χ1) is 6.42. The number of nitrogens with zero attached hydrogens (tertiary/aromatic N) is 1. The molecule has 0 amide bonds. The molecule has 0 fully saturated rings. The van der Waals surface area contributed by atoms with Gasteiger partial charge >= 0.3 is 6.36 Å². The van der Waals surface area contributed by atoms with Crippen LogP contribution in [0.1, 0.15) is 0 Å². The van der Waals surface area contributed by atoms with E-state index < -0.39 is 18.1 Å². The summed E-state index contributed by atoms with van der Waals surface area (Å²) in [6.45, 7) is 0. The minimum absolute atomic E-state index is 0.288. The molecule has 0 aliphatic heterocycles. The van der Waals surface area contributed by atoms with Crippen LogP contribution in [0, 0.1) is 5.95 Å². The summed E-state index contributed by atoms with van der Waals surface area (Å²) in [5.74, 6) is -2.12. The fourth-order valence-electron chi connectivity index (χ4n) is 0.758. The maximum absolute atomic E-state index is 12.4. The standard InChI is InChI=1S/C7H5F4NO2/c1-13-5-3-12-6(8)2-4(5)14-7(9,10)11/h2-3H,1H3. The second-order valence-corrected chi connectivity index (χ2v) is 2.21.